The minimum atomic E-state index is 0.0863. The topological polar surface area (TPSA) is 33.2 Å². The molecule has 0 aliphatic carbocycles. The van der Waals surface area contributed by atoms with Crippen molar-refractivity contribution in [1.82, 2.24) is 9.88 Å². The molecule has 1 aromatic heterocycles. The lowest BCUT2D eigenvalue weighted by Crippen LogP contribution is -2.38. The van der Waals surface area contributed by atoms with E-state index in [9.17, 15) is 4.79 Å². The lowest BCUT2D eigenvalue weighted by molar-refractivity contribution is -0.135. The van der Waals surface area contributed by atoms with Gasteiger partial charge in [0, 0.05) is 37.3 Å². The lowest BCUT2D eigenvalue weighted by atomic mass is 10.0. The average Bonchev–Trinajstić information content (AvgIpc) is 2.27. The van der Waals surface area contributed by atoms with Crippen molar-refractivity contribution in [3.63, 3.8) is 0 Å². The molecule has 1 aliphatic rings. The highest BCUT2D eigenvalue weighted by Crippen LogP contribution is 2.17. The van der Waals surface area contributed by atoms with Gasteiger partial charge in [-0.15, -0.1) is 0 Å². The van der Waals surface area contributed by atoms with Crippen molar-refractivity contribution in [2.24, 2.45) is 5.92 Å². The largest absolute Gasteiger partial charge is 0.338 e. The summed E-state index contributed by atoms with van der Waals surface area (Å²) in [5, 5.41) is 0. The highest BCUT2D eigenvalue weighted by Gasteiger charge is 2.22. The molecule has 0 saturated carbocycles. The van der Waals surface area contributed by atoms with Gasteiger partial charge in [0.2, 0.25) is 5.91 Å². The summed E-state index contributed by atoms with van der Waals surface area (Å²) in [6, 6.07) is 3.99. The zero-order valence-electron chi connectivity index (χ0n) is 9.23. The van der Waals surface area contributed by atoms with E-state index < -0.39 is 0 Å². The minimum Gasteiger partial charge on any atom is -0.338 e. The molecule has 0 aromatic carbocycles. The van der Waals surface area contributed by atoms with Gasteiger partial charge in [0.05, 0.1) is 0 Å². The molecule has 0 fully saturated rings. The fourth-order valence-corrected chi connectivity index (χ4v) is 1.92. The van der Waals surface area contributed by atoms with Gasteiger partial charge in [0.1, 0.15) is 0 Å². The number of aromatic nitrogens is 1. The molecule has 0 bridgehead atoms. The maximum absolute atomic E-state index is 11.8. The number of carbonyl (C=O) groups is 1. The average molecular weight is 204 g/mol. The molecule has 1 aromatic rings. The zero-order valence-corrected chi connectivity index (χ0v) is 9.23. The first kappa shape index (κ1) is 10.1. The van der Waals surface area contributed by atoms with Crippen molar-refractivity contribution in [2.45, 2.75) is 26.8 Å². The van der Waals surface area contributed by atoms with Crippen molar-refractivity contribution < 1.29 is 4.79 Å². The smallest absolute Gasteiger partial charge is 0.225 e. The number of carbonyl (C=O) groups excluding carboxylic acids is 1. The van der Waals surface area contributed by atoms with Crippen molar-refractivity contribution in [3.05, 3.63) is 29.6 Å². The van der Waals surface area contributed by atoms with Gasteiger partial charge >= 0.3 is 0 Å². The molecule has 2 heterocycles. The second kappa shape index (κ2) is 4.01. The van der Waals surface area contributed by atoms with Crippen LogP contribution in [0.1, 0.15) is 25.1 Å². The third-order valence-corrected chi connectivity index (χ3v) is 2.77. The summed E-state index contributed by atoms with van der Waals surface area (Å²) in [6.07, 6.45) is 2.70. The summed E-state index contributed by atoms with van der Waals surface area (Å²) < 4.78 is 0. The number of hydrogen-bond donors (Lipinski definition) is 0. The third kappa shape index (κ3) is 2.01. The van der Waals surface area contributed by atoms with Crippen LogP contribution in [0.2, 0.25) is 0 Å². The van der Waals surface area contributed by atoms with Gasteiger partial charge in [-0.05, 0) is 11.6 Å². The molecule has 1 amide bonds. The van der Waals surface area contributed by atoms with Gasteiger partial charge in [-0.1, -0.05) is 19.9 Å². The maximum atomic E-state index is 11.8. The molecule has 2 rings (SSSR count). The number of amides is 1. The molecular formula is C12H16N2O. The van der Waals surface area contributed by atoms with Crippen LogP contribution in [0.4, 0.5) is 0 Å². The van der Waals surface area contributed by atoms with E-state index in [1.54, 1.807) is 0 Å². The molecule has 0 radical (unpaired) electrons. The Bertz CT molecular complexity index is 374. The molecule has 0 saturated heterocycles. The summed E-state index contributed by atoms with van der Waals surface area (Å²) in [5.41, 5.74) is 2.34. The van der Waals surface area contributed by atoms with Crippen LogP contribution in [0.25, 0.3) is 0 Å². The van der Waals surface area contributed by atoms with Crippen LogP contribution < -0.4 is 0 Å². The van der Waals surface area contributed by atoms with Crippen LogP contribution in [-0.4, -0.2) is 22.3 Å². The Morgan fingerprint density at radius 1 is 1.53 bits per heavy atom. The number of hydrogen-bond acceptors (Lipinski definition) is 2. The van der Waals surface area contributed by atoms with E-state index in [4.69, 9.17) is 0 Å². The first-order chi connectivity index (χ1) is 7.18. The van der Waals surface area contributed by atoms with Gasteiger partial charge < -0.3 is 4.90 Å². The predicted molar refractivity (Wildman–Crippen MR) is 58.2 cm³/mol. The molecule has 0 N–H and O–H groups in total. The summed E-state index contributed by atoms with van der Waals surface area (Å²) in [5.74, 6) is 0.327. The number of rotatable bonds is 1. The van der Waals surface area contributed by atoms with E-state index in [2.05, 4.69) is 11.1 Å². The second-order valence-corrected chi connectivity index (χ2v) is 4.27. The highest BCUT2D eigenvalue weighted by atomic mass is 16.2. The second-order valence-electron chi connectivity index (χ2n) is 4.27. The first-order valence-electron chi connectivity index (χ1n) is 5.40. The Kier molecular flexibility index (Phi) is 2.71. The molecule has 1 aliphatic heterocycles. The van der Waals surface area contributed by atoms with Crippen LogP contribution in [-0.2, 0) is 17.8 Å². The van der Waals surface area contributed by atoms with Crippen LogP contribution >= 0.6 is 0 Å². The Labute approximate surface area is 90.1 Å². The lowest BCUT2D eigenvalue weighted by Gasteiger charge is -2.29. The van der Waals surface area contributed by atoms with Crippen LogP contribution in [0.15, 0.2) is 18.3 Å². The number of fused-ring (bicyclic) bond motifs is 1. The SMILES string of the molecule is CC(C)C(=O)N1CCc2ncccc2C1. The van der Waals surface area contributed by atoms with Gasteiger partial charge in [0.25, 0.3) is 0 Å². The maximum Gasteiger partial charge on any atom is 0.225 e. The Morgan fingerprint density at radius 3 is 3.07 bits per heavy atom. The normalized spacial score (nSPS) is 15.3. The van der Waals surface area contributed by atoms with Crippen LogP contribution in [0.5, 0.6) is 0 Å². The van der Waals surface area contributed by atoms with Crippen molar-refractivity contribution >= 4 is 5.91 Å². The van der Waals surface area contributed by atoms with E-state index in [0.29, 0.717) is 0 Å². The monoisotopic (exact) mass is 204 g/mol. The van der Waals surface area contributed by atoms with E-state index >= 15 is 0 Å². The van der Waals surface area contributed by atoms with Gasteiger partial charge in [-0.25, -0.2) is 0 Å². The summed E-state index contributed by atoms with van der Waals surface area (Å²) in [4.78, 5) is 18.1. The quantitative estimate of drug-likeness (QED) is 0.696. The molecule has 3 heteroatoms. The Balaban J connectivity index is 2.15. The fraction of sp³-hybridized carbons (Fsp3) is 0.500. The van der Waals surface area contributed by atoms with Crippen molar-refractivity contribution in [3.8, 4) is 0 Å². The fourth-order valence-electron chi connectivity index (χ4n) is 1.92. The standard InChI is InChI=1S/C12H16N2O/c1-9(2)12(15)14-7-5-11-10(8-14)4-3-6-13-11/h3-4,6,9H,5,7-8H2,1-2H3. The summed E-state index contributed by atoms with van der Waals surface area (Å²) >= 11 is 0. The van der Waals surface area contributed by atoms with E-state index in [0.717, 1.165) is 25.2 Å². The van der Waals surface area contributed by atoms with Crippen LogP contribution in [0, 0.1) is 5.92 Å². The molecule has 15 heavy (non-hydrogen) atoms. The van der Waals surface area contributed by atoms with Crippen molar-refractivity contribution in [1.29, 1.82) is 0 Å². The van der Waals surface area contributed by atoms with Crippen molar-refractivity contribution in [2.75, 3.05) is 6.54 Å². The highest BCUT2D eigenvalue weighted by molar-refractivity contribution is 5.78. The van der Waals surface area contributed by atoms with Gasteiger partial charge in [0.15, 0.2) is 0 Å². The molecule has 0 unspecified atom stereocenters. The molecule has 3 nitrogen and oxygen atoms in total. The number of pyridine rings is 1. The van der Waals surface area contributed by atoms with E-state index in [-0.39, 0.29) is 11.8 Å². The zero-order chi connectivity index (χ0) is 10.8. The van der Waals surface area contributed by atoms with E-state index in [1.807, 2.05) is 31.0 Å². The van der Waals surface area contributed by atoms with Gasteiger partial charge in [-0.2, -0.15) is 0 Å². The van der Waals surface area contributed by atoms with E-state index in [1.165, 1.54) is 5.56 Å². The minimum absolute atomic E-state index is 0.0863. The number of nitrogens with zero attached hydrogens (tertiary/aromatic N) is 2. The Hall–Kier alpha value is -1.38. The predicted octanol–water partition coefficient (Wildman–Crippen LogP) is 1.62. The summed E-state index contributed by atoms with van der Waals surface area (Å²) in [6.45, 7) is 5.42. The Morgan fingerprint density at radius 2 is 2.33 bits per heavy atom. The first-order valence-corrected chi connectivity index (χ1v) is 5.40. The third-order valence-electron chi connectivity index (χ3n) is 2.77. The molecular weight excluding hydrogens is 188 g/mol. The van der Waals surface area contributed by atoms with Gasteiger partial charge in [-0.3, -0.25) is 9.78 Å². The molecule has 0 atom stereocenters. The van der Waals surface area contributed by atoms with Crippen LogP contribution in [0.3, 0.4) is 0 Å². The molecule has 0 spiro atoms. The summed E-state index contributed by atoms with van der Waals surface area (Å²) in [7, 11) is 0. The molecule has 80 valence electrons.